The molecule has 4 nitrogen and oxygen atoms in total. The third-order valence-corrected chi connectivity index (χ3v) is 3.57. The summed E-state index contributed by atoms with van der Waals surface area (Å²) in [6.45, 7) is 0.197. The van der Waals surface area contributed by atoms with Crippen LogP contribution in [-0.4, -0.2) is 23.3 Å². The first-order chi connectivity index (χ1) is 11.8. The van der Waals surface area contributed by atoms with Crippen LogP contribution >= 0.6 is 0 Å². The zero-order valence-electron chi connectivity index (χ0n) is 13.3. The standard InChI is InChI=1S/C18H17F3N2O2/c19-18(20,21)15-8-4-7-14(11-15)17(25)23(10-9-16(22)24)12-13-5-2-1-3-6-13/h1-8,11H,9-10,12H2,(H2,22,24). The van der Waals surface area contributed by atoms with E-state index in [1.807, 2.05) is 6.07 Å². The number of hydrogen-bond acceptors (Lipinski definition) is 2. The topological polar surface area (TPSA) is 63.4 Å². The van der Waals surface area contributed by atoms with Gasteiger partial charge in [0.2, 0.25) is 5.91 Å². The molecule has 0 unspecified atom stereocenters. The van der Waals surface area contributed by atoms with Gasteiger partial charge in [-0.3, -0.25) is 9.59 Å². The van der Waals surface area contributed by atoms with Crippen molar-refractivity contribution in [2.45, 2.75) is 19.1 Å². The summed E-state index contributed by atoms with van der Waals surface area (Å²) < 4.78 is 38.5. The van der Waals surface area contributed by atoms with Gasteiger partial charge in [0.05, 0.1) is 5.56 Å². The van der Waals surface area contributed by atoms with E-state index in [0.717, 1.165) is 17.7 Å². The fourth-order valence-electron chi connectivity index (χ4n) is 2.31. The number of halogens is 3. The van der Waals surface area contributed by atoms with Crippen LogP contribution in [0.3, 0.4) is 0 Å². The van der Waals surface area contributed by atoms with E-state index in [0.29, 0.717) is 0 Å². The highest BCUT2D eigenvalue weighted by Gasteiger charge is 2.31. The zero-order chi connectivity index (χ0) is 18.4. The van der Waals surface area contributed by atoms with Gasteiger partial charge in [-0.25, -0.2) is 0 Å². The summed E-state index contributed by atoms with van der Waals surface area (Å²) in [6.07, 6.45) is -4.61. The molecule has 0 saturated carbocycles. The molecule has 2 aromatic rings. The van der Waals surface area contributed by atoms with E-state index in [2.05, 4.69) is 0 Å². The third kappa shape index (κ3) is 5.34. The Morgan fingerprint density at radius 1 is 1.00 bits per heavy atom. The lowest BCUT2D eigenvalue weighted by Crippen LogP contribution is -2.33. The second-order valence-corrected chi connectivity index (χ2v) is 5.51. The first-order valence-corrected chi connectivity index (χ1v) is 7.56. The number of nitrogens with two attached hydrogens (primary N) is 1. The van der Waals surface area contributed by atoms with Gasteiger partial charge in [-0.05, 0) is 23.8 Å². The molecule has 0 aliphatic heterocycles. The van der Waals surface area contributed by atoms with Crippen LogP contribution in [0.2, 0.25) is 0 Å². The van der Waals surface area contributed by atoms with Crippen molar-refractivity contribution in [2.75, 3.05) is 6.54 Å². The van der Waals surface area contributed by atoms with Crippen molar-refractivity contribution in [3.8, 4) is 0 Å². The molecule has 0 fully saturated rings. The Kier molecular flexibility index (Phi) is 5.80. The molecular formula is C18H17F3N2O2. The Labute approximate surface area is 143 Å². The first kappa shape index (κ1) is 18.5. The summed E-state index contributed by atoms with van der Waals surface area (Å²) in [5.41, 5.74) is 4.94. The molecule has 2 N–H and O–H groups in total. The van der Waals surface area contributed by atoms with Crippen LogP contribution in [0.5, 0.6) is 0 Å². The van der Waals surface area contributed by atoms with Crippen LogP contribution < -0.4 is 5.73 Å². The van der Waals surface area contributed by atoms with Crippen molar-refractivity contribution >= 4 is 11.8 Å². The second kappa shape index (κ2) is 7.83. The molecule has 7 heteroatoms. The average molecular weight is 350 g/mol. The van der Waals surface area contributed by atoms with Crippen molar-refractivity contribution < 1.29 is 22.8 Å². The molecule has 0 saturated heterocycles. The van der Waals surface area contributed by atoms with Gasteiger partial charge < -0.3 is 10.6 Å². The van der Waals surface area contributed by atoms with Crippen LogP contribution in [0.4, 0.5) is 13.2 Å². The number of carbonyl (C=O) groups excluding carboxylic acids is 2. The largest absolute Gasteiger partial charge is 0.416 e. The number of benzene rings is 2. The lowest BCUT2D eigenvalue weighted by atomic mass is 10.1. The fraction of sp³-hybridized carbons (Fsp3) is 0.222. The quantitative estimate of drug-likeness (QED) is 0.869. The highest BCUT2D eigenvalue weighted by Crippen LogP contribution is 2.29. The SMILES string of the molecule is NC(=O)CCN(Cc1ccccc1)C(=O)c1cccc(C(F)(F)F)c1. The van der Waals surface area contributed by atoms with Crippen molar-refractivity contribution in [1.29, 1.82) is 0 Å². The van der Waals surface area contributed by atoms with Crippen molar-refractivity contribution in [3.05, 3.63) is 71.3 Å². The minimum absolute atomic E-state index is 0.0271. The molecule has 0 spiro atoms. The molecule has 2 aromatic carbocycles. The minimum atomic E-state index is -4.53. The van der Waals surface area contributed by atoms with Crippen LogP contribution in [-0.2, 0) is 17.5 Å². The van der Waals surface area contributed by atoms with Crippen LogP contribution in [0, 0.1) is 0 Å². The molecule has 132 valence electrons. The van der Waals surface area contributed by atoms with Gasteiger partial charge in [0.25, 0.3) is 5.91 Å². The van der Waals surface area contributed by atoms with Crippen LogP contribution in [0.15, 0.2) is 54.6 Å². The van der Waals surface area contributed by atoms with Gasteiger partial charge in [0.15, 0.2) is 0 Å². The fourth-order valence-corrected chi connectivity index (χ4v) is 2.31. The Bertz CT molecular complexity index is 745. The van der Waals surface area contributed by atoms with Gasteiger partial charge in [-0.15, -0.1) is 0 Å². The molecule has 2 rings (SSSR count). The molecule has 0 heterocycles. The molecule has 0 radical (unpaired) electrons. The maximum atomic E-state index is 12.8. The maximum absolute atomic E-state index is 12.8. The van der Waals surface area contributed by atoms with Gasteiger partial charge in [0, 0.05) is 25.1 Å². The minimum Gasteiger partial charge on any atom is -0.370 e. The summed E-state index contributed by atoms with van der Waals surface area (Å²) in [5.74, 6) is -1.17. The molecule has 0 aliphatic rings. The van der Waals surface area contributed by atoms with E-state index in [9.17, 15) is 22.8 Å². The highest BCUT2D eigenvalue weighted by atomic mass is 19.4. The summed E-state index contributed by atoms with van der Waals surface area (Å²) in [4.78, 5) is 25.0. The molecule has 0 aromatic heterocycles. The molecule has 0 bridgehead atoms. The van der Waals surface area contributed by atoms with E-state index in [4.69, 9.17) is 5.73 Å². The molecule has 0 atom stereocenters. The number of hydrogen-bond donors (Lipinski definition) is 1. The molecule has 2 amide bonds. The molecular weight excluding hydrogens is 333 g/mol. The number of carbonyl (C=O) groups is 2. The summed E-state index contributed by atoms with van der Waals surface area (Å²) in [5, 5.41) is 0. The number of rotatable bonds is 6. The molecule has 25 heavy (non-hydrogen) atoms. The van der Waals surface area contributed by atoms with E-state index in [1.165, 1.54) is 17.0 Å². The summed E-state index contributed by atoms with van der Waals surface area (Å²) >= 11 is 0. The number of alkyl halides is 3. The van der Waals surface area contributed by atoms with Crippen molar-refractivity contribution in [2.24, 2.45) is 5.73 Å². The smallest absolute Gasteiger partial charge is 0.370 e. The first-order valence-electron chi connectivity index (χ1n) is 7.56. The monoisotopic (exact) mass is 350 g/mol. The Morgan fingerprint density at radius 2 is 1.68 bits per heavy atom. The van der Waals surface area contributed by atoms with Crippen LogP contribution in [0.25, 0.3) is 0 Å². The Hall–Kier alpha value is -2.83. The number of nitrogens with zero attached hydrogens (tertiary/aromatic N) is 1. The predicted octanol–water partition coefficient (Wildman–Crippen LogP) is 3.22. The van der Waals surface area contributed by atoms with Crippen molar-refractivity contribution in [1.82, 2.24) is 4.90 Å². The lowest BCUT2D eigenvalue weighted by Gasteiger charge is -2.23. The zero-order valence-corrected chi connectivity index (χ0v) is 13.3. The van der Waals surface area contributed by atoms with Gasteiger partial charge in [0.1, 0.15) is 0 Å². The van der Waals surface area contributed by atoms with Gasteiger partial charge >= 0.3 is 6.18 Å². The average Bonchev–Trinajstić information content (AvgIpc) is 2.58. The van der Waals surface area contributed by atoms with E-state index < -0.39 is 23.6 Å². The number of amides is 2. The maximum Gasteiger partial charge on any atom is 0.416 e. The summed E-state index contributed by atoms with van der Waals surface area (Å²) in [7, 11) is 0. The normalized spacial score (nSPS) is 11.2. The van der Waals surface area contributed by atoms with Crippen LogP contribution in [0.1, 0.15) is 27.9 Å². The molecule has 0 aliphatic carbocycles. The predicted molar refractivity (Wildman–Crippen MR) is 86.4 cm³/mol. The van der Waals surface area contributed by atoms with E-state index in [-0.39, 0.29) is 25.1 Å². The van der Waals surface area contributed by atoms with Gasteiger partial charge in [-0.1, -0.05) is 36.4 Å². The Morgan fingerprint density at radius 3 is 2.28 bits per heavy atom. The summed E-state index contributed by atoms with van der Waals surface area (Å²) in [6, 6.07) is 13.2. The third-order valence-electron chi connectivity index (χ3n) is 3.57. The second-order valence-electron chi connectivity index (χ2n) is 5.51. The Balaban J connectivity index is 2.26. The highest BCUT2D eigenvalue weighted by molar-refractivity contribution is 5.94. The van der Waals surface area contributed by atoms with E-state index >= 15 is 0 Å². The number of primary amides is 1. The van der Waals surface area contributed by atoms with Gasteiger partial charge in [-0.2, -0.15) is 13.2 Å². The van der Waals surface area contributed by atoms with Crippen molar-refractivity contribution in [3.63, 3.8) is 0 Å². The lowest BCUT2D eigenvalue weighted by molar-refractivity contribution is -0.137. The van der Waals surface area contributed by atoms with E-state index in [1.54, 1.807) is 24.3 Å².